The number of hydrogen-bond donors (Lipinski definition) is 0. The van der Waals surface area contributed by atoms with Gasteiger partial charge in [0.05, 0.1) is 0 Å². The molecule has 0 saturated heterocycles. The lowest BCUT2D eigenvalue weighted by Crippen LogP contribution is -2.43. The first-order chi connectivity index (χ1) is 8.62. The van der Waals surface area contributed by atoms with Crippen molar-refractivity contribution in [1.29, 1.82) is 5.26 Å². The van der Waals surface area contributed by atoms with E-state index in [1.807, 2.05) is 0 Å². The third kappa shape index (κ3) is 12.0. The minimum absolute atomic E-state index is 0.443. The van der Waals surface area contributed by atoms with Crippen LogP contribution in [-0.4, -0.2) is 32.4 Å². The highest BCUT2D eigenvalue weighted by Crippen LogP contribution is 2.11. The minimum Gasteiger partial charge on any atom is -0.513 e. The third-order valence-electron chi connectivity index (χ3n) is 3.89. The van der Waals surface area contributed by atoms with E-state index in [9.17, 15) is 0 Å². The molecule has 0 unspecified atom stereocenters. The van der Waals surface area contributed by atoms with E-state index in [-0.39, 0.29) is 0 Å². The molecule has 0 radical (unpaired) electrons. The van der Waals surface area contributed by atoms with Crippen LogP contribution in [-0.2, 0) is 0 Å². The quantitative estimate of drug-likeness (QED) is 0.385. The molecule has 0 aliphatic heterocycles. The van der Waals surface area contributed by atoms with Crippen molar-refractivity contribution in [3.8, 4) is 5.97 Å². The standard InChI is InChI=1S/C15H33BN2/c1-4-5-6-7-8-9-10-11-12-13-14-18(2,3)16-15-17/h4-14,16H2,1-3H3. The number of hydrogen-bond acceptors (Lipinski definition) is 1. The lowest BCUT2D eigenvalue weighted by molar-refractivity contribution is -0.777. The van der Waals surface area contributed by atoms with Gasteiger partial charge in [0, 0.05) is 20.6 Å². The summed E-state index contributed by atoms with van der Waals surface area (Å²) >= 11 is 0. The van der Waals surface area contributed by atoms with Crippen molar-refractivity contribution in [2.24, 2.45) is 0 Å². The van der Waals surface area contributed by atoms with Gasteiger partial charge in [-0.25, -0.2) is 5.26 Å². The summed E-state index contributed by atoms with van der Waals surface area (Å²) in [5, 5.41) is 8.75. The summed E-state index contributed by atoms with van der Waals surface area (Å²) in [6.07, 6.45) is 13.9. The van der Waals surface area contributed by atoms with Crippen LogP contribution in [0.15, 0.2) is 0 Å². The molecule has 0 bridgehead atoms. The maximum atomic E-state index is 8.75. The van der Waals surface area contributed by atoms with Crippen LogP contribution in [0.1, 0.15) is 71.1 Å². The predicted molar refractivity (Wildman–Crippen MR) is 83.0 cm³/mol. The first-order valence-electron chi connectivity index (χ1n) is 8.09. The van der Waals surface area contributed by atoms with E-state index in [0.717, 1.165) is 4.39 Å². The largest absolute Gasteiger partial charge is 0.513 e. The Kier molecular flexibility index (Phi) is 11.3. The van der Waals surface area contributed by atoms with Crippen molar-refractivity contribution in [1.82, 2.24) is 0 Å². The third-order valence-corrected chi connectivity index (χ3v) is 3.89. The molecular formula is C15H33BN2. The number of unbranched alkanes of at least 4 members (excludes halogenated alkanes) is 9. The second kappa shape index (κ2) is 11.6. The fraction of sp³-hybridized carbons (Fsp3) is 0.933. The number of quaternary nitrogens is 1. The van der Waals surface area contributed by atoms with Crippen LogP contribution in [0.3, 0.4) is 0 Å². The van der Waals surface area contributed by atoms with E-state index >= 15 is 0 Å². The molecule has 0 amide bonds. The molecule has 0 saturated carbocycles. The first kappa shape index (κ1) is 17.5. The minimum atomic E-state index is -0.443. The van der Waals surface area contributed by atoms with E-state index in [0.29, 0.717) is 0 Å². The Balaban J connectivity index is 3.19. The summed E-state index contributed by atoms with van der Waals surface area (Å²) in [4.78, 5) is 0. The van der Waals surface area contributed by atoms with E-state index in [1.165, 1.54) is 70.8 Å². The summed E-state index contributed by atoms with van der Waals surface area (Å²) in [6.45, 7) is 3.47. The van der Waals surface area contributed by atoms with Crippen LogP contribution in [0.25, 0.3) is 0 Å². The summed E-state index contributed by atoms with van der Waals surface area (Å²) < 4.78 is 0.980. The van der Waals surface area contributed by atoms with Crippen LogP contribution in [0.4, 0.5) is 0 Å². The second-order valence-electron chi connectivity index (χ2n) is 6.64. The SMILES string of the molecule is CCCCCCCCCCCC[N+](C)(C)[BH2-]C#N. The highest BCUT2D eigenvalue weighted by Gasteiger charge is 2.06. The molecule has 106 valence electrons. The van der Waals surface area contributed by atoms with Gasteiger partial charge in [0.25, 0.3) is 7.41 Å². The molecule has 0 atom stereocenters. The molecule has 0 aromatic rings. The van der Waals surface area contributed by atoms with Gasteiger partial charge in [-0.15, -0.1) is 0 Å². The predicted octanol–water partition coefficient (Wildman–Crippen LogP) is 3.55. The van der Waals surface area contributed by atoms with Crippen LogP contribution in [0.2, 0.25) is 0 Å². The normalized spacial score (nSPS) is 11.4. The second-order valence-corrected chi connectivity index (χ2v) is 6.64. The molecule has 0 aromatic carbocycles. The molecule has 2 nitrogen and oxygen atoms in total. The van der Waals surface area contributed by atoms with Crippen molar-refractivity contribution in [3.05, 3.63) is 0 Å². The molecule has 0 N–H and O–H groups in total. The molecule has 0 fully saturated rings. The molecule has 0 heterocycles. The fourth-order valence-corrected chi connectivity index (χ4v) is 2.46. The zero-order chi connectivity index (χ0) is 13.7. The summed E-state index contributed by atoms with van der Waals surface area (Å²) in [6, 6.07) is 0. The number of nitrogens with zero attached hydrogens (tertiary/aromatic N) is 2. The van der Waals surface area contributed by atoms with Gasteiger partial charge < -0.3 is 4.39 Å². The van der Waals surface area contributed by atoms with Gasteiger partial charge in [0.15, 0.2) is 0 Å². The van der Waals surface area contributed by atoms with E-state index < -0.39 is 7.41 Å². The van der Waals surface area contributed by atoms with E-state index in [1.54, 1.807) is 0 Å². The Morgan fingerprint density at radius 2 is 1.28 bits per heavy atom. The van der Waals surface area contributed by atoms with Crippen molar-refractivity contribution < 1.29 is 4.39 Å². The average Bonchev–Trinajstić information content (AvgIpc) is 2.31. The van der Waals surface area contributed by atoms with Gasteiger partial charge in [-0.3, -0.25) is 0 Å². The van der Waals surface area contributed by atoms with Crippen LogP contribution >= 0.6 is 0 Å². The highest BCUT2D eigenvalue weighted by molar-refractivity contribution is 6.36. The molecule has 0 aliphatic carbocycles. The zero-order valence-corrected chi connectivity index (χ0v) is 13.2. The van der Waals surface area contributed by atoms with Crippen molar-refractivity contribution in [2.75, 3.05) is 20.6 Å². The summed E-state index contributed by atoms with van der Waals surface area (Å²) in [5.74, 6) is 2.39. The Morgan fingerprint density at radius 1 is 0.833 bits per heavy atom. The molecule has 0 aromatic heterocycles. The topological polar surface area (TPSA) is 23.8 Å². The Labute approximate surface area is 115 Å². The lowest BCUT2D eigenvalue weighted by Gasteiger charge is -2.36. The lowest BCUT2D eigenvalue weighted by atomic mass is 9.91. The van der Waals surface area contributed by atoms with Crippen LogP contribution in [0, 0.1) is 11.2 Å². The van der Waals surface area contributed by atoms with Gasteiger partial charge in [-0.2, -0.15) is 0 Å². The van der Waals surface area contributed by atoms with Crippen molar-refractivity contribution in [3.63, 3.8) is 0 Å². The Bertz CT molecular complexity index is 221. The average molecular weight is 252 g/mol. The summed E-state index contributed by atoms with van der Waals surface area (Å²) in [7, 11) is 3.97. The molecular weight excluding hydrogens is 219 g/mol. The van der Waals surface area contributed by atoms with Crippen molar-refractivity contribution >= 4 is 7.41 Å². The molecule has 18 heavy (non-hydrogen) atoms. The highest BCUT2D eigenvalue weighted by atomic mass is 15.2. The Morgan fingerprint density at radius 3 is 1.72 bits per heavy atom. The molecule has 0 rings (SSSR count). The Hall–Kier alpha value is -0.485. The number of rotatable bonds is 12. The molecule has 0 aliphatic rings. The smallest absolute Gasteiger partial charge is 0.281 e. The van der Waals surface area contributed by atoms with Gasteiger partial charge in [0.2, 0.25) is 0 Å². The van der Waals surface area contributed by atoms with Crippen molar-refractivity contribution in [2.45, 2.75) is 71.1 Å². The van der Waals surface area contributed by atoms with Gasteiger partial charge in [0.1, 0.15) is 0 Å². The fourth-order valence-electron chi connectivity index (χ4n) is 2.46. The number of nitriles is 1. The van der Waals surface area contributed by atoms with E-state index in [4.69, 9.17) is 5.26 Å². The van der Waals surface area contributed by atoms with Crippen LogP contribution < -0.4 is 0 Å². The maximum absolute atomic E-state index is 8.75. The van der Waals surface area contributed by atoms with Gasteiger partial charge in [-0.05, 0) is 12.8 Å². The van der Waals surface area contributed by atoms with Gasteiger partial charge >= 0.3 is 0 Å². The van der Waals surface area contributed by atoms with E-state index in [2.05, 4.69) is 27.0 Å². The molecule has 3 heteroatoms. The molecule has 0 spiro atoms. The monoisotopic (exact) mass is 252 g/mol. The summed E-state index contributed by atoms with van der Waals surface area (Å²) in [5.41, 5.74) is 0. The first-order valence-corrected chi connectivity index (χ1v) is 8.09. The maximum Gasteiger partial charge on any atom is 0.281 e. The van der Waals surface area contributed by atoms with Crippen LogP contribution in [0.5, 0.6) is 0 Å². The van der Waals surface area contributed by atoms with Gasteiger partial charge in [-0.1, -0.05) is 64.3 Å². The zero-order valence-electron chi connectivity index (χ0n) is 13.2.